The van der Waals surface area contributed by atoms with E-state index in [-0.39, 0.29) is 30.6 Å². The van der Waals surface area contributed by atoms with Crippen molar-refractivity contribution in [2.75, 3.05) is 6.54 Å². The minimum absolute atomic E-state index is 0.137. The molecule has 216 valence electrons. The molecule has 1 aliphatic heterocycles. The summed E-state index contributed by atoms with van der Waals surface area (Å²) in [5.74, 6) is -2.20. The zero-order valence-corrected chi connectivity index (χ0v) is 23.3. The number of amides is 4. The lowest BCUT2D eigenvalue weighted by Gasteiger charge is -2.27. The summed E-state index contributed by atoms with van der Waals surface area (Å²) in [6, 6.07) is 15.6. The molecule has 1 fully saturated rings. The van der Waals surface area contributed by atoms with E-state index in [2.05, 4.69) is 26.3 Å². The quantitative estimate of drug-likeness (QED) is 0.204. The van der Waals surface area contributed by atoms with Gasteiger partial charge in [-0.15, -0.1) is 0 Å². The fraction of sp³-hybridized carbons (Fsp3) is 0.387. The van der Waals surface area contributed by atoms with Gasteiger partial charge in [-0.05, 0) is 36.5 Å². The normalized spacial score (nSPS) is 17.6. The Hall–Kier alpha value is -4.47. The Labute approximate surface area is 239 Å². The molecule has 0 radical (unpaired) electrons. The van der Waals surface area contributed by atoms with Crippen molar-refractivity contribution < 1.29 is 24.0 Å². The van der Waals surface area contributed by atoms with Crippen LogP contribution < -0.4 is 21.3 Å². The maximum absolute atomic E-state index is 13.6. The van der Waals surface area contributed by atoms with E-state index in [1.54, 1.807) is 6.07 Å². The summed E-state index contributed by atoms with van der Waals surface area (Å²) in [4.78, 5) is 67.1. The third-order valence-electron chi connectivity index (χ3n) is 7.67. The van der Waals surface area contributed by atoms with Crippen molar-refractivity contribution in [1.29, 1.82) is 0 Å². The summed E-state index contributed by atoms with van der Waals surface area (Å²) in [5, 5.41) is 12.0. The van der Waals surface area contributed by atoms with Gasteiger partial charge in [0.25, 0.3) is 5.91 Å². The first kappa shape index (κ1) is 29.5. The van der Waals surface area contributed by atoms with E-state index in [0.29, 0.717) is 31.4 Å². The number of hydrogen-bond donors (Lipinski definition) is 5. The summed E-state index contributed by atoms with van der Waals surface area (Å²) < 4.78 is 0. The van der Waals surface area contributed by atoms with Crippen molar-refractivity contribution in [3.05, 3.63) is 71.9 Å². The van der Waals surface area contributed by atoms with Crippen LogP contribution in [0.2, 0.25) is 0 Å². The van der Waals surface area contributed by atoms with Gasteiger partial charge in [-0.3, -0.25) is 19.2 Å². The Bertz CT molecular complexity index is 1350. The number of carbonyl (C=O) groups excluding carboxylic acids is 5. The molecule has 1 unspecified atom stereocenters. The van der Waals surface area contributed by atoms with Crippen LogP contribution in [0.5, 0.6) is 0 Å². The number of nitrogens with one attached hydrogen (secondary N) is 5. The molecule has 10 heteroatoms. The molecule has 5 N–H and O–H groups in total. The second-order valence-electron chi connectivity index (χ2n) is 10.6. The van der Waals surface area contributed by atoms with Gasteiger partial charge in [0.05, 0.1) is 6.04 Å². The first-order chi connectivity index (χ1) is 19.8. The fourth-order valence-electron chi connectivity index (χ4n) is 5.05. The predicted molar refractivity (Wildman–Crippen MR) is 155 cm³/mol. The lowest BCUT2D eigenvalue weighted by molar-refractivity contribution is -0.131. The molecule has 4 amide bonds. The van der Waals surface area contributed by atoms with Crippen LogP contribution in [0.1, 0.15) is 49.2 Å². The highest BCUT2D eigenvalue weighted by molar-refractivity contribution is 6.01. The van der Waals surface area contributed by atoms with Crippen LogP contribution in [0.3, 0.4) is 0 Å². The molecule has 5 atom stereocenters. The third-order valence-corrected chi connectivity index (χ3v) is 7.67. The maximum Gasteiger partial charge on any atom is 0.268 e. The Kier molecular flexibility index (Phi) is 9.89. The van der Waals surface area contributed by atoms with Crippen LogP contribution >= 0.6 is 0 Å². The van der Waals surface area contributed by atoms with Gasteiger partial charge in [0.2, 0.25) is 17.7 Å². The van der Waals surface area contributed by atoms with E-state index in [4.69, 9.17) is 0 Å². The molecule has 1 saturated heterocycles. The molecule has 1 aliphatic rings. The Balaban J connectivity index is 1.50. The summed E-state index contributed by atoms with van der Waals surface area (Å²) in [6.45, 7) is 4.32. The molecule has 0 spiro atoms. The van der Waals surface area contributed by atoms with Gasteiger partial charge in [0.1, 0.15) is 24.1 Å². The number of fused-ring (bicyclic) bond motifs is 1. The van der Waals surface area contributed by atoms with Gasteiger partial charge in [-0.25, -0.2) is 0 Å². The van der Waals surface area contributed by atoms with Crippen molar-refractivity contribution in [1.82, 2.24) is 26.3 Å². The maximum atomic E-state index is 13.6. The minimum Gasteiger partial charge on any atom is -0.356 e. The predicted octanol–water partition coefficient (Wildman–Crippen LogP) is 2.25. The van der Waals surface area contributed by atoms with E-state index >= 15 is 0 Å². The molecule has 2 aromatic carbocycles. The highest BCUT2D eigenvalue weighted by atomic mass is 16.2. The zero-order chi connectivity index (χ0) is 29.4. The molecular weight excluding hydrogens is 522 g/mol. The number of aromatic amines is 1. The molecule has 3 aromatic rings. The van der Waals surface area contributed by atoms with Gasteiger partial charge in [0.15, 0.2) is 0 Å². The van der Waals surface area contributed by atoms with Crippen LogP contribution in [0.25, 0.3) is 10.9 Å². The molecule has 1 aromatic heterocycles. The number of H-pyrrole nitrogens is 1. The summed E-state index contributed by atoms with van der Waals surface area (Å²) in [5.41, 5.74) is 1.95. The molecule has 0 bridgehead atoms. The average molecular weight is 560 g/mol. The van der Waals surface area contributed by atoms with E-state index in [1.165, 1.54) is 0 Å². The first-order valence-electron chi connectivity index (χ1n) is 14.0. The van der Waals surface area contributed by atoms with Crippen LogP contribution in [0, 0.1) is 11.8 Å². The number of carbonyl (C=O) groups is 5. The second-order valence-corrected chi connectivity index (χ2v) is 10.6. The van der Waals surface area contributed by atoms with E-state index in [1.807, 2.05) is 68.4 Å². The molecule has 0 saturated carbocycles. The van der Waals surface area contributed by atoms with Crippen molar-refractivity contribution in [2.45, 2.75) is 57.7 Å². The van der Waals surface area contributed by atoms with Crippen LogP contribution in [-0.2, 0) is 25.6 Å². The topological polar surface area (TPSA) is 149 Å². The van der Waals surface area contributed by atoms with Crippen molar-refractivity contribution in [2.24, 2.45) is 11.8 Å². The van der Waals surface area contributed by atoms with Gasteiger partial charge in [-0.1, -0.05) is 68.8 Å². The lowest BCUT2D eigenvalue weighted by Crippen LogP contribution is -2.57. The van der Waals surface area contributed by atoms with E-state index in [0.717, 1.165) is 16.5 Å². The Morgan fingerprint density at radius 3 is 2.39 bits per heavy atom. The van der Waals surface area contributed by atoms with Crippen LogP contribution in [0.15, 0.2) is 60.7 Å². The first-order valence-corrected chi connectivity index (χ1v) is 14.0. The molecule has 4 rings (SSSR count). The van der Waals surface area contributed by atoms with E-state index in [9.17, 15) is 24.0 Å². The van der Waals surface area contributed by atoms with Crippen molar-refractivity contribution >= 4 is 40.8 Å². The number of hydrogen-bond acceptors (Lipinski definition) is 5. The zero-order valence-electron chi connectivity index (χ0n) is 23.3. The molecule has 2 heterocycles. The highest BCUT2D eigenvalue weighted by Crippen LogP contribution is 2.17. The summed E-state index contributed by atoms with van der Waals surface area (Å²) >= 11 is 0. The third kappa shape index (κ3) is 7.59. The standard InChI is InChI=1S/C31H37N5O5/c1-3-19(2)27(36-30(40)26-17-21-11-7-8-12-24(21)34-26)31(41)35-25(15-20-9-5-4-6-10-20)29(39)33-23(18-37)16-22-13-14-32-28(22)38/h4-12,17-19,22-23,25,27,34H,3,13-16H2,1-2H3,(H,32,38)(H,33,39)(H,35,41)(H,36,40)/t19?,22-,23-,25-,27-/m0/s1. The summed E-state index contributed by atoms with van der Waals surface area (Å²) in [6.07, 6.45) is 2.18. The van der Waals surface area contributed by atoms with Gasteiger partial charge >= 0.3 is 0 Å². The van der Waals surface area contributed by atoms with Crippen molar-refractivity contribution in [3.63, 3.8) is 0 Å². The SMILES string of the molecule is CCC(C)[C@H](NC(=O)c1cc2ccccc2[nH]1)C(=O)N[C@@H](Cc1ccccc1)C(=O)N[C@H](C=O)C[C@@H]1CCNC1=O. The van der Waals surface area contributed by atoms with E-state index < -0.39 is 35.8 Å². The fourth-order valence-corrected chi connectivity index (χ4v) is 5.05. The smallest absolute Gasteiger partial charge is 0.268 e. The largest absolute Gasteiger partial charge is 0.356 e. The Morgan fingerprint density at radius 2 is 1.73 bits per heavy atom. The molecule has 10 nitrogen and oxygen atoms in total. The molecule has 41 heavy (non-hydrogen) atoms. The molecule has 0 aliphatic carbocycles. The summed E-state index contributed by atoms with van der Waals surface area (Å²) in [7, 11) is 0. The number of benzene rings is 2. The second kappa shape index (κ2) is 13.7. The number of aromatic nitrogens is 1. The minimum atomic E-state index is -1.01. The van der Waals surface area contributed by atoms with Gasteiger partial charge < -0.3 is 31.0 Å². The van der Waals surface area contributed by atoms with Crippen LogP contribution in [-0.4, -0.2) is 59.6 Å². The number of rotatable bonds is 13. The van der Waals surface area contributed by atoms with Crippen LogP contribution in [0.4, 0.5) is 0 Å². The van der Waals surface area contributed by atoms with Gasteiger partial charge in [-0.2, -0.15) is 0 Å². The monoisotopic (exact) mass is 559 g/mol. The molecular formula is C31H37N5O5. The number of aldehydes is 1. The average Bonchev–Trinajstić information content (AvgIpc) is 3.60. The van der Waals surface area contributed by atoms with Gasteiger partial charge in [0, 0.05) is 29.8 Å². The Morgan fingerprint density at radius 1 is 1.00 bits per heavy atom. The van der Waals surface area contributed by atoms with Crippen molar-refractivity contribution in [3.8, 4) is 0 Å². The number of para-hydroxylation sites is 1. The highest BCUT2D eigenvalue weighted by Gasteiger charge is 2.33. The lowest BCUT2D eigenvalue weighted by atomic mass is 9.96.